The van der Waals surface area contributed by atoms with E-state index in [1.807, 2.05) is 11.8 Å². The fraction of sp³-hybridized carbons (Fsp3) is 0.526. The van der Waals surface area contributed by atoms with Crippen LogP contribution in [0.1, 0.15) is 13.8 Å². The summed E-state index contributed by atoms with van der Waals surface area (Å²) in [7, 11) is 1.30. The second-order valence-electron chi connectivity index (χ2n) is 7.31. The van der Waals surface area contributed by atoms with E-state index in [0.29, 0.717) is 24.5 Å². The molecule has 0 saturated carbocycles. The predicted octanol–water partition coefficient (Wildman–Crippen LogP) is 1.47. The van der Waals surface area contributed by atoms with Crippen molar-refractivity contribution in [2.45, 2.75) is 26.0 Å². The lowest BCUT2D eigenvalue weighted by Gasteiger charge is -2.21. The lowest BCUT2D eigenvalue weighted by atomic mass is 10.1. The number of methoxy groups -OCH3 is 1. The smallest absolute Gasteiger partial charge is 0.414 e. The van der Waals surface area contributed by atoms with Crippen LogP contribution in [0.5, 0.6) is 0 Å². The number of nitrogens with one attached hydrogen (secondary N) is 2. The monoisotopic (exact) mass is 408 g/mol. The van der Waals surface area contributed by atoms with E-state index in [1.165, 1.54) is 25.0 Å². The summed E-state index contributed by atoms with van der Waals surface area (Å²) in [6.07, 6.45) is -1.58. The van der Waals surface area contributed by atoms with Gasteiger partial charge < -0.3 is 25.0 Å². The minimum absolute atomic E-state index is 0.122. The van der Waals surface area contributed by atoms with Gasteiger partial charge in [-0.3, -0.25) is 9.69 Å². The maximum Gasteiger partial charge on any atom is 0.414 e. The predicted molar refractivity (Wildman–Crippen MR) is 103 cm³/mol. The summed E-state index contributed by atoms with van der Waals surface area (Å²) >= 11 is 0. The van der Waals surface area contributed by atoms with Crippen LogP contribution in [-0.2, 0) is 14.3 Å². The average Bonchev–Trinajstić information content (AvgIpc) is 3.22. The number of anilines is 2. The maximum atomic E-state index is 14.8. The molecular formula is C19H25FN4O5. The first-order valence-electron chi connectivity index (χ1n) is 9.40. The van der Waals surface area contributed by atoms with Crippen LogP contribution in [0.15, 0.2) is 18.2 Å². The van der Waals surface area contributed by atoms with Crippen LogP contribution in [0.25, 0.3) is 0 Å². The fourth-order valence-electron chi connectivity index (χ4n) is 3.58. The Hall–Kier alpha value is -3.04. The third-order valence-corrected chi connectivity index (χ3v) is 5.14. The summed E-state index contributed by atoms with van der Waals surface area (Å²) in [5, 5.41) is 5.36. The Balaban J connectivity index is 1.67. The summed E-state index contributed by atoms with van der Waals surface area (Å²) in [5.74, 6) is -0.558. The highest BCUT2D eigenvalue weighted by Crippen LogP contribution is 2.31. The highest BCUT2D eigenvalue weighted by atomic mass is 19.1. The zero-order chi connectivity index (χ0) is 21.1. The number of ether oxygens (including phenoxy) is 2. The van der Waals surface area contributed by atoms with Gasteiger partial charge in [0, 0.05) is 20.0 Å². The summed E-state index contributed by atoms with van der Waals surface area (Å²) < 4.78 is 24.7. The van der Waals surface area contributed by atoms with Gasteiger partial charge in [-0.1, -0.05) is 6.92 Å². The van der Waals surface area contributed by atoms with Gasteiger partial charge in [-0.25, -0.2) is 14.0 Å². The van der Waals surface area contributed by atoms with Crippen molar-refractivity contribution in [3.05, 3.63) is 24.0 Å². The topological polar surface area (TPSA) is 100 Å². The molecule has 2 N–H and O–H groups in total. The molecule has 0 bridgehead atoms. The lowest BCUT2D eigenvalue weighted by molar-refractivity contribution is -0.119. The Morgan fingerprint density at radius 1 is 1.31 bits per heavy atom. The van der Waals surface area contributed by atoms with Crippen LogP contribution in [-0.4, -0.2) is 63.5 Å². The molecule has 9 nitrogen and oxygen atoms in total. The molecule has 1 aromatic rings. The van der Waals surface area contributed by atoms with Gasteiger partial charge in [-0.15, -0.1) is 0 Å². The Morgan fingerprint density at radius 3 is 2.72 bits per heavy atom. The van der Waals surface area contributed by atoms with E-state index in [9.17, 15) is 18.8 Å². The Morgan fingerprint density at radius 2 is 2.07 bits per heavy atom. The average molecular weight is 408 g/mol. The first kappa shape index (κ1) is 20.7. The minimum Gasteiger partial charge on any atom is -0.453 e. The molecule has 29 heavy (non-hydrogen) atoms. The molecule has 3 rings (SSSR count). The second-order valence-corrected chi connectivity index (χ2v) is 7.31. The number of hydrogen-bond donors (Lipinski definition) is 2. The van der Waals surface area contributed by atoms with Crippen LogP contribution in [0.2, 0.25) is 0 Å². The minimum atomic E-state index is -0.579. The van der Waals surface area contributed by atoms with Crippen molar-refractivity contribution in [1.82, 2.24) is 10.6 Å². The molecule has 0 radical (unpaired) electrons. The first-order valence-corrected chi connectivity index (χ1v) is 9.40. The van der Waals surface area contributed by atoms with Crippen molar-refractivity contribution in [2.24, 2.45) is 5.92 Å². The number of carbonyl (C=O) groups excluding carboxylic acids is 3. The highest BCUT2D eigenvalue weighted by Gasteiger charge is 2.35. The third kappa shape index (κ3) is 4.69. The number of benzene rings is 1. The molecular weight excluding hydrogens is 383 g/mol. The molecule has 1 aromatic carbocycles. The van der Waals surface area contributed by atoms with Crippen LogP contribution in [0, 0.1) is 11.7 Å². The number of halogens is 1. The zero-order valence-electron chi connectivity index (χ0n) is 16.6. The number of rotatable bonds is 5. The van der Waals surface area contributed by atoms with Gasteiger partial charge in [0.05, 0.1) is 37.6 Å². The van der Waals surface area contributed by atoms with Crippen molar-refractivity contribution >= 4 is 29.5 Å². The largest absolute Gasteiger partial charge is 0.453 e. The molecule has 2 aliphatic heterocycles. The van der Waals surface area contributed by atoms with Gasteiger partial charge in [-0.2, -0.15) is 0 Å². The molecule has 0 aromatic heterocycles. The summed E-state index contributed by atoms with van der Waals surface area (Å²) in [6.45, 7) is 4.82. The molecule has 10 heteroatoms. The first-order chi connectivity index (χ1) is 13.8. The van der Waals surface area contributed by atoms with Gasteiger partial charge in [0.25, 0.3) is 0 Å². The van der Waals surface area contributed by atoms with E-state index >= 15 is 0 Å². The van der Waals surface area contributed by atoms with Crippen molar-refractivity contribution in [2.75, 3.05) is 43.1 Å². The second kappa shape index (κ2) is 8.54. The highest BCUT2D eigenvalue weighted by molar-refractivity contribution is 5.90. The standard InChI is InChI=1S/C19H25FN4O5/c1-11-8-23(10-16(11)22-18(26)28-3)17-5-4-13(6-15(17)20)24-9-14(29-19(24)27)7-21-12(2)25/h4-6,11,14,16H,7-10H2,1-3H3,(H,21,25)(H,22,26)/t11-,14+,16+/m1/s1. The third-order valence-electron chi connectivity index (χ3n) is 5.14. The fourth-order valence-corrected chi connectivity index (χ4v) is 3.58. The van der Waals surface area contributed by atoms with Gasteiger partial charge in [-0.05, 0) is 24.1 Å². The number of alkyl carbamates (subject to hydrolysis) is 1. The molecule has 0 aliphatic carbocycles. The van der Waals surface area contributed by atoms with Crippen LogP contribution in [0.4, 0.5) is 25.4 Å². The van der Waals surface area contributed by atoms with E-state index in [1.54, 1.807) is 12.1 Å². The molecule has 2 fully saturated rings. The lowest BCUT2D eigenvalue weighted by Crippen LogP contribution is -2.39. The van der Waals surface area contributed by atoms with E-state index in [0.717, 1.165) is 0 Å². The Bertz CT molecular complexity index is 805. The van der Waals surface area contributed by atoms with Gasteiger partial charge in [0.1, 0.15) is 11.9 Å². The molecule has 0 unspecified atom stereocenters. The zero-order valence-corrected chi connectivity index (χ0v) is 16.6. The summed E-state index contributed by atoms with van der Waals surface area (Å²) in [4.78, 5) is 37.8. The number of carbonyl (C=O) groups is 3. The molecule has 3 atom stereocenters. The van der Waals surface area contributed by atoms with E-state index < -0.39 is 24.1 Å². The Kier molecular flexibility index (Phi) is 6.09. The number of nitrogens with zero attached hydrogens (tertiary/aromatic N) is 2. The van der Waals surface area contributed by atoms with E-state index in [4.69, 9.17) is 4.74 Å². The molecule has 2 saturated heterocycles. The van der Waals surface area contributed by atoms with Gasteiger partial charge in [0.2, 0.25) is 5.91 Å². The van der Waals surface area contributed by atoms with Crippen molar-refractivity contribution in [3.8, 4) is 0 Å². The maximum absolute atomic E-state index is 14.8. The van der Waals surface area contributed by atoms with Crippen LogP contribution >= 0.6 is 0 Å². The van der Waals surface area contributed by atoms with E-state index in [-0.39, 0.29) is 31.0 Å². The summed E-state index contributed by atoms with van der Waals surface area (Å²) in [5.41, 5.74) is 0.787. The van der Waals surface area contributed by atoms with Crippen molar-refractivity contribution < 1.29 is 28.2 Å². The summed E-state index contributed by atoms with van der Waals surface area (Å²) in [6, 6.07) is 4.42. The van der Waals surface area contributed by atoms with Gasteiger partial charge in [0.15, 0.2) is 0 Å². The van der Waals surface area contributed by atoms with E-state index in [2.05, 4.69) is 15.4 Å². The van der Waals surface area contributed by atoms with Crippen molar-refractivity contribution in [1.29, 1.82) is 0 Å². The van der Waals surface area contributed by atoms with Crippen LogP contribution in [0.3, 0.4) is 0 Å². The Labute approximate surface area is 168 Å². The molecule has 0 spiro atoms. The van der Waals surface area contributed by atoms with Crippen LogP contribution < -0.4 is 20.4 Å². The molecule has 158 valence electrons. The number of hydrogen-bond acceptors (Lipinski definition) is 6. The number of cyclic esters (lactones) is 1. The molecule has 2 heterocycles. The normalized spacial score (nSPS) is 23.7. The SMILES string of the molecule is COC(=O)N[C@H]1CN(c2ccc(N3C[C@H](CNC(C)=O)OC3=O)cc2F)C[C@H]1C. The van der Waals surface area contributed by atoms with Crippen molar-refractivity contribution in [3.63, 3.8) is 0 Å². The molecule has 3 amide bonds. The quantitative estimate of drug-likeness (QED) is 0.765. The van der Waals surface area contributed by atoms with Gasteiger partial charge >= 0.3 is 12.2 Å². The number of amides is 3. The molecule has 2 aliphatic rings.